The summed E-state index contributed by atoms with van der Waals surface area (Å²) < 4.78 is 17.4. The molecule has 0 amide bonds. The van der Waals surface area contributed by atoms with Crippen LogP contribution in [0.25, 0.3) is 63.0 Å². The van der Waals surface area contributed by atoms with Gasteiger partial charge in [-0.05, 0) is 197 Å². The Morgan fingerprint density at radius 2 is 0.843 bits per heavy atom. The van der Waals surface area contributed by atoms with E-state index in [0.717, 1.165) is 56.0 Å². The highest BCUT2D eigenvalue weighted by atomic mass is 32.1. The van der Waals surface area contributed by atoms with Gasteiger partial charge in [0.1, 0.15) is 22.5 Å². The van der Waals surface area contributed by atoms with Crippen LogP contribution in [-0.4, -0.2) is 6.71 Å². The summed E-state index contributed by atoms with van der Waals surface area (Å²) in [5.74, 6) is 0. The van der Waals surface area contributed by atoms with Gasteiger partial charge < -0.3 is 18.6 Å². The van der Waals surface area contributed by atoms with Gasteiger partial charge in [-0.2, -0.15) is 0 Å². The molecular weight excluding hydrogens is 892 g/mol. The fourth-order valence-electron chi connectivity index (χ4n) is 11.7. The fraction of sp³-hybridized carbons (Fsp3) is 0.206. The molecule has 0 aliphatic carbocycles. The zero-order valence-corrected chi connectivity index (χ0v) is 43.4. The normalized spacial score (nSPS) is 13.6. The summed E-state index contributed by atoms with van der Waals surface area (Å²) >= 11 is 3.72. The fourth-order valence-corrected chi connectivity index (χ4v) is 13.8. The molecule has 0 saturated heterocycles. The van der Waals surface area contributed by atoms with Crippen LogP contribution in [0, 0.1) is 34.6 Å². The van der Waals surface area contributed by atoms with Gasteiger partial charge in [0.2, 0.25) is 0 Å². The Hall–Kier alpha value is -6.80. The Morgan fingerprint density at radius 1 is 0.443 bits per heavy atom. The van der Waals surface area contributed by atoms with Gasteiger partial charge in [-0.1, -0.05) is 90.1 Å². The molecule has 0 bridgehead atoms. The van der Waals surface area contributed by atoms with Crippen molar-refractivity contribution in [3.63, 3.8) is 0 Å². The van der Waals surface area contributed by atoms with E-state index in [0.29, 0.717) is 0 Å². The van der Waals surface area contributed by atoms with Gasteiger partial charge in [-0.15, -0.1) is 22.7 Å². The first kappa shape index (κ1) is 43.2. The third-order valence-electron chi connectivity index (χ3n) is 15.0. The van der Waals surface area contributed by atoms with Crippen LogP contribution in [0.5, 0.6) is 0 Å². The summed E-state index contributed by atoms with van der Waals surface area (Å²) in [6.45, 7) is 24.9. The molecule has 6 heterocycles. The van der Waals surface area contributed by atoms with Crippen LogP contribution in [-0.2, 0) is 10.8 Å². The van der Waals surface area contributed by atoms with Gasteiger partial charge in [0.15, 0.2) is 0 Å². The summed E-state index contributed by atoms with van der Waals surface area (Å²) in [5, 5.41) is 4.79. The van der Waals surface area contributed by atoms with Gasteiger partial charge >= 0.3 is 6.71 Å². The molecule has 2 aliphatic rings. The summed E-state index contributed by atoms with van der Waals surface area (Å²) in [4.78, 5) is 7.68. The maximum Gasteiger partial charge on any atom is 0.342 e. The smallest absolute Gasteiger partial charge is 0.342 e. The number of anilines is 6. The number of benzene rings is 7. The van der Waals surface area contributed by atoms with Gasteiger partial charge in [0.25, 0.3) is 0 Å². The van der Waals surface area contributed by atoms with Crippen molar-refractivity contribution in [1.29, 1.82) is 0 Å². The van der Waals surface area contributed by atoms with Crippen LogP contribution in [0.15, 0.2) is 142 Å². The van der Waals surface area contributed by atoms with Crippen molar-refractivity contribution in [3.05, 3.63) is 172 Å². The van der Waals surface area contributed by atoms with Crippen LogP contribution in [0.3, 0.4) is 0 Å². The Kier molecular flexibility index (Phi) is 9.33. The Bertz CT molecular complexity index is 3650. The average Bonchev–Trinajstić information content (AvgIpc) is 4.11. The number of fused-ring (bicyclic) bond motifs is 10. The van der Waals surface area contributed by atoms with E-state index in [1.54, 1.807) is 0 Å². The Balaban J connectivity index is 1.11. The van der Waals surface area contributed by atoms with Crippen LogP contribution < -0.4 is 26.6 Å². The van der Waals surface area contributed by atoms with Gasteiger partial charge in [0.05, 0.1) is 22.7 Å². The van der Waals surface area contributed by atoms with E-state index in [-0.39, 0.29) is 17.5 Å². The van der Waals surface area contributed by atoms with Crippen molar-refractivity contribution in [3.8, 4) is 20.9 Å². The summed E-state index contributed by atoms with van der Waals surface area (Å²) in [7, 11) is 0. The zero-order valence-electron chi connectivity index (χ0n) is 41.8. The molecule has 0 atom stereocenters. The first-order chi connectivity index (χ1) is 33.5. The van der Waals surface area contributed by atoms with Crippen molar-refractivity contribution in [2.75, 3.05) is 9.80 Å². The van der Waals surface area contributed by atoms with Crippen LogP contribution in [0.1, 0.15) is 80.5 Å². The van der Waals surface area contributed by atoms with Crippen LogP contribution in [0.2, 0.25) is 0 Å². The molecule has 7 aromatic carbocycles. The van der Waals surface area contributed by atoms with Crippen molar-refractivity contribution in [2.45, 2.75) is 87.0 Å². The molecule has 0 saturated carbocycles. The number of aryl methyl sites for hydroxylation is 5. The zero-order chi connectivity index (χ0) is 48.3. The van der Waals surface area contributed by atoms with Crippen molar-refractivity contribution < 1.29 is 8.83 Å². The molecule has 0 fully saturated rings. The van der Waals surface area contributed by atoms with Gasteiger partial charge in [-0.25, -0.2) is 0 Å². The lowest BCUT2D eigenvalue weighted by Gasteiger charge is -2.42. The molecule has 13 rings (SSSR count). The number of nitrogens with zero attached hydrogens (tertiary/aromatic N) is 2. The van der Waals surface area contributed by atoms with Crippen molar-refractivity contribution >= 4 is 122 Å². The SMILES string of the molecule is Cc1cc2c3c(c1)N(c1c(C)cc(-c4cc5ccccc5s4)cc1C)c1c(oc4ccc(C(C)(C)C)cc14)B3c1oc3ccc(C(C)(C)C)cc3c1N2c1c(C)cc(-c2cc3ccccc3s2)cc1C. The second kappa shape index (κ2) is 15.1. The Labute approximate surface area is 418 Å². The minimum Gasteiger partial charge on any atom is -0.468 e. The van der Waals surface area contributed by atoms with Crippen LogP contribution in [0.4, 0.5) is 34.1 Å². The lowest BCUT2D eigenvalue weighted by atomic mass is 9.37. The number of hydrogen-bond acceptors (Lipinski definition) is 6. The molecule has 0 spiro atoms. The van der Waals surface area contributed by atoms with E-state index in [1.807, 2.05) is 22.7 Å². The van der Waals surface area contributed by atoms with Crippen molar-refractivity contribution in [2.24, 2.45) is 0 Å². The molecule has 0 N–H and O–H groups in total. The van der Waals surface area contributed by atoms with E-state index in [4.69, 9.17) is 8.83 Å². The standard InChI is InChI=1S/C63H55BN2O2S2/c1-34-24-47-55-48(25-34)66(57-37(4)28-42(29-38(57)5)54-31-40-17-13-15-19-52(40)70-54)59-46-33-44(63(9,10)11)21-23-50(46)68-61(59)64(55)60-58(45-32-43(62(6,7)8)20-22-49(45)67-60)65(47)56-35(2)26-41(27-36(56)3)53-30-39-16-12-14-18-51(39)69-53/h12-33H,1-11H3. The lowest BCUT2D eigenvalue weighted by molar-refractivity contribution is 0.590. The van der Waals surface area contributed by atoms with Gasteiger partial charge in [-0.3, -0.25) is 0 Å². The maximum absolute atomic E-state index is 7.39. The van der Waals surface area contributed by atoms with Gasteiger partial charge in [0, 0.05) is 41.3 Å². The second-order valence-corrected chi connectivity index (χ2v) is 24.3. The number of thiophene rings is 2. The highest BCUT2D eigenvalue weighted by Gasteiger charge is 2.50. The molecule has 4 nitrogen and oxygen atoms in total. The largest absolute Gasteiger partial charge is 0.468 e. The first-order valence-corrected chi connectivity index (χ1v) is 26.2. The molecule has 344 valence electrons. The minimum atomic E-state index is -0.309. The van der Waals surface area contributed by atoms with E-state index < -0.39 is 0 Å². The molecule has 70 heavy (non-hydrogen) atoms. The molecule has 0 radical (unpaired) electrons. The third-order valence-corrected chi connectivity index (χ3v) is 17.3. The van der Waals surface area contributed by atoms with E-state index >= 15 is 0 Å². The highest BCUT2D eigenvalue weighted by Crippen LogP contribution is 2.53. The molecule has 4 aromatic heterocycles. The number of hydrogen-bond donors (Lipinski definition) is 0. The lowest BCUT2D eigenvalue weighted by Crippen LogP contribution is -2.60. The molecule has 7 heteroatoms. The summed E-state index contributed by atoms with van der Waals surface area (Å²) in [6.07, 6.45) is 0. The Morgan fingerprint density at radius 3 is 1.23 bits per heavy atom. The molecule has 2 aliphatic heterocycles. The van der Waals surface area contributed by atoms with Crippen LogP contribution >= 0.6 is 22.7 Å². The maximum atomic E-state index is 7.39. The number of furan rings is 2. The average molecular weight is 947 g/mol. The topological polar surface area (TPSA) is 32.8 Å². The molecule has 0 unspecified atom stereocenters. The molecular formula is C63H55BN2O2S2. The minimum absolute atomic E-state index is 0.0680. The monoisotopic (exact) mass is 946 g/mol. The number of rotatable bonds is 4. The second-order valence-electron chi connectivity index (χ2n) is 22.1. The predicted molar refractivity (Wildman–Crippen MR) is 303 cm³/mol. The quantitative estimate of drug-likeness (QED) is 0.165. The first-order valence-electron chi connectivity index (χ1n) is 24.6. The molecule has 11 aromatic rings. The summed E-state index contributed by atoms with van der Waals surface area (Å²) in [6, 6.07) is 50.2. The van der Waals surface area contributed by atoms with Crippen molar-refractivity contribution in [1.82, 2.24) is 0 Å². The predicted octanol–water partition coefficient (Wildman–Crippen LogP) is 17.2. The highest BCUT2D eigenvalue weighted by molar-refractivity contribution is 7.22. The van der Waals surface area contributed by atoms with E-state index in [9.17, 15) is 0 Å². The third kappa shape index (κ3) is 6.47. The summed E-state index contributed by atoms with van der Waals surface area (Å²) in [5.41, 5.74) is 22.5. The van der Waals surface area contributed by atoms with E-state index in [1.165, 1.54) is 96.8 Å². The van der Waals surface area contributed by atoms with E-state index in [2.05, 4.69) is 219 Å².